The molecule has 0 unspecified atom stereocenters. The summed E-state index contributed by atoms with van der Waals surface area (Å²) in [6.45, 7) is 20.4. The first-order valence-corrected chi connectivity index (χ1v) is 21.0. The molecule has 0 amide bonds. The molecule has 0 atom stereocenters. The van der Waals surface area contributed by atoms with Gasteiger partial charge in [0.25, 0.3) is 0 Å². The summed E-state index contributed by atoms with van der Waals surface area (Å²) in [7, 11) is 0. The summed E-state index contributed by atoms with van der Waals surface area (Å²) in [5.41, 5.74) is 14.2. The van der Waals surface area contributed by atoms with Crippen LogP contribution in [0, 0.1) is 18.8 Å². The average molecular weight is 967 g/mol. The maximum atomic E-state index is 6.65. The predicted octanol–water partition coefficient (Wildman–Crippen LogP) is 15.1. The largest absolute Gasteiger partial charge is 0.509 e. The van der Waals surface area contributed by atoms with Crippen molar-refractivity contribution in [1.29, 1.82) is 0 Å². The van der Waals surface area contributed by atoms with Gasteiger partial charge in [-0.15, -0.1) is 48.1 Å². The Morgan fingerprint density at radius 3 is 1.80 bits per heavy atom. The molecule has 6 aromatic carbocycles. The number of para-hydroxylation sites is 4. The van der Waals surface area contributed by atoms with Crippen LogP contribution in [0.3, 0.4) is 0 Å². The Balaban J connectivity index is 0.00000499. The van der Waals surface area contributed by atoms with Crippen LogP contribution in [0.2, 0.25) is 0 Å². The van der Waals surface area contributed by atoms with Gasteiger partial charge in [-0.05, 0) is 92.8 Å². The smallest absolute Gasteiger partial charge is 0.136 e. The number of pyridine rings is 1. The zero-order chi connectivity index (χ0) is 40.9. The van der Waals surface area contributed by atoms with Gasteiger partial charge >= 0.3 is 0 Å². The molecular formula is C54H51N4OPt-3. The second kappa shape index (κ2) is 16.8. The van der Waals surface area contributed by atoms with Gasteiger partial charge in [0.15, 0.2) is 0 Å². The molecular weight excluding hydrogens is 916 g/mol. The molecule has 306 valence electrons. The number of aromatic nitrogens is 2. The molecule has 8 aromatic rings. The van der Waals surface area contributed by atoms with E-state index < -0.39 is 0 Å². The summed E-state index contributed by atoms with van der Waals surface area (Å²) >= 11 is 0. The van der Waals surface area contributed by atoms with E-state index in [1.165, 1.54) is 39.1 Å². The van der Waals surface area contributed by atoms with E-state index in [9.17, 15) is 0 Å². The van der Waals surface area contributed by atoms with Crippen molar-refractivity contribution in [3.8, 4) is 28.4 Å². The molecule has 0 radical (unpaired) electrons. The van der Waals surface area contributed by atoms with Crippen LogP contribution in [0.4, 0.5) is 22.7 Å². The maximum absolute atomic E-state index is 6.65. The van der Waals surface area contributed by atoms with Crippen molar-refractivity contribution in [2.24, 2.45) is 0 Å². The van der Waals surface area contributed by atoms with E-state index in [1.807, 2.05) is 24.4 Å². The number of benzene rings is 6. The van der Waals surface area contributed by atoms with E-state index >= 15 is 0 Å². The van der Waals surface area contributed by atoms with Crippen molar-refractivity contribution in [3.05, 3.63) is 175 Å². The zero-order valence-electron chi connectivity index (χ0n) is 35.6. The number of fused-ring (bicyclic) bond motifs is 4. The van der Waals surface area contributed by atoms with Crippen molar-refractivity contribution in [2.75, 3.05) is 9.80 Å². The van der Waals surface area contributed by atoms with E-state index in [-0.39, 0.29) is 21.1 Å². The second-order valence-electron chi connectivity index (χ2n) is 16.9. The molecule has 0 fully saturated rings. The molecule has 0 bridgehead atoms. The summed E-state index contributed by atoms with van der Waals surface area (Å²) in [5.74, 6) is 3.57. The van der Waals surface area contributed by atoms with Crippen LogP contribution in [0.1, 0.15) is 101 Å². The number of hydrogen-bond acceptors (Lipinski definition) is 4. The fourth-order valence-corrected chi connectivity index (χ4v) is 8.78. The number of nitrogens with zero attached hydrogens (tertiary/aromatic N) is 4. The molecule has 1 aliphatic heterocycles. The number of rotatable bonds is 10. The third kappa shape index (κ3) is 7.32. The number of anilines is 4. The molecule has 3 heterocycles. The van der Waals surface area contributed by atoms with Gasteiger partial charge in [0, 0.05) is 61.3 Å². The molecule has 2 aromatic heterocycles. The van der Waals surface area contributed by atoms with E-state index in [0.29, 0.717) is 35.2 Å². The van der Waals surface area contributed by atoms with Crippen LogP contribution in [0.15, 0.2) is 134 Å². The summed E-state index contributed by atoms with van der Waals surface area (Å²) in [6.07, 6.45) is 1.94. The Morgan fingerprint density at radius 1 is 0.550 bits per heavy atom. The molecule has 6 heteroatoms. The molecule has 0 saturated carbocycles. The van der Waals surface area contributed by atoms with Crippen molar-refractivity contribution in [3.63, 3.8) is 0 Å². The minimum Gasteiger partial charge on any atom is -0.509 e. The van der Waals surface area contributed by atoms with E-state index in [2.05, 4.69) is 198 Å². The molecule has 0 spiro atoms. The van der Waals surface area contributed by atoms with Crippen LogP contribution in [-0.2, 0) is 21.1 Å². The van der Waals surface area contributed by atoms with E-state index in [1.54, 1.807) is 0 Å². The molecule has 60 heavy (non-hydrogen) atoms. The predicted molar refractivity (Wildman–Crippen MR) is 246 cm³/mol. The monoisotopic (exact) mass is 966 g/mol. The zero-order valence-corrected chi connectivity index (χ0v) is 37.9. The fourth-order valence-electron chi connectivity index (χ4n) is 8.78. The summed E-state index contributed by atoms with van der Waals surface area (Å²) < 4.78 is 8.87. The van der Waals surface area contributed by atoms with Crippen molar-refractivity contribution in [1.82, 2.24) is 9.55 Å². The Morgan fingerprint density at radius 2 is 1.13 bits per heavy atom. The molecule has 1 aliphatic rings. The van der Waals surface area contributed by atoms with Crippen LogP contribution >= 0.6 is 0 Å². The summed E-state index contributed by atoms with van der Waals surface area (Å²) in [6, 6.07) is 52.4. The SMILES string of the molecule is CC(C)c1cccc(C(C)C)c1-c1ccnc(-n2c3[c-]c(Oc4[c-]c(N5[CH-]N(c6c(C(C)C)cccc6C(C)C)c6ccccc65)ccc4)ccc3c3ccccc32)c1.[Pt]. The van der Waals surface area contributed by atoms with Crippen LogP contribution in [0.5, 0.6) is 11.5 Å². The standard InChI is InChI=1S/C54H51N4O.Pt/c1-34(2)42-19-14-20-43(35(3)4)53(42)38-28-29-55-52(30-38)58-48-23-10-9-18-46(48)47-27-26-41(32-51(47)58)59-40-17-13-16-39(31-40)56-33-57(50-25-12-11-24-49(50)56)54-44(36(5)6)21-15-22-45(54)37(7)8;/h9-30,33-37H,1-8H3;/q-3;. The fraction of sp³-hybridized carbons (Fsp3) is 0.222. The third-order valence-corrected chi connectivity index (χ3v) is 11.6. The van der Waals surface area contributed by atoms with Crippen molar-refractivity contribution >= 4 is 44.6 Å². The van der Waals surface area contributed by atoms with Gasteiger partial charge in [-0.1, -0.05) is 128 Å². The first-order valence-electron chi connectivity index (χ1n) is 21.0. The van der Waals surface area contributed by atoms with Crippen LogP contribution in [-0.4, -0.2) is 9.55 Å². The van der Waals surface area contributed by atoms with Gasteiger partial charge in [0.1, 0.15) is 5.82 Å². The summed E-state index contributed by atoms with van der Waals surface area (Å²) in [4.78, 5) is 9.56. The normalized spacial score (nSPS) is 12.7. The quantitative estimate of drug-likeness (QED) is 0.128. The number of ether oxygens (including phenoxy) is 1. The van der Waals surface area contributed by atoms with Crippen LogP contribution < -0.4 is 14.5 Å². The first-order chi connectivity index (χ1) is 28.6. The topological polar surface area (TPSA) is 33.5 Å². The minimum absolute atomic E-state index is 0. The van der Waals surface area contributed by atoms with E-state index in [4.69, 9.17) is 9.72 Å². The molecule has 5 nitrogen and oxygen atoms in total. The molecule has 0 N–H and O–H groups in total. The van der Waals surface area contributed by atoms with Gasteiger partial charge in [-0.25, -0.2) is 4.98 Å². The van der Waals surface area contributed by atoms with Crippen molar-refractivity contribution < 1.29 is 25.8 Å². The number of hydrogen-bond donors (Lipinski definition) is 0. The Hall–Kier alpha value is -5.64. The average Bonchev–Trinajstić information content (AvgIpc) is 3.79. The molecule has 9 rings (SSSR count). The Labute approximate surface area is 369 Å². The van der Waals surface area contributed by atoms with Gasteiger partial charge < -0.3 is 19.1 Å². The van der Waals surface area contributed by atoms with Gasteiger partial charge in [-0.2, -0.15) is 12.1 Å². The molecule has 0 saturated heterocycles. The van der Waals surface area contributed by atoms with Gasteiger partial charge in [-0.3, -0.25) is 0 Å². The second-order valence-corrected chi connectivity index (χ2v) is 16.9. The Bertz CT molecular complexity index is 2780. The molecule has 0 aliphatic carbocycles. The minimum atomic E-state index is 0. The van der Waals surface area contributed by atoms with Crippen LogP contribution in [0.25, 0.3) is 38.8 Å². The van der Waals surface area contributed by atoms with Crippen molar-refractivity contribution in [2.45, 2.75) is 79.1 Å². The van der Waals surface area contributed by atoms with E-state index in [0.717, 1.165) is 44.7 Å². The summed E-state index contributed by atoms with van der Waals surface area (Å²) in [5, 5.41) is 2.23. The Kier molecular flexibility index (Phi) is 11.5. The van der Waals surface area contributed by atoms with Gasteiger partial charge in [0.05, 0.1) is 0 Å². The first kappa shape index (κ1) is 41.1. The third-order valence-electron chi connectivity index (χ3n) is 11.6. The maximum Gasteiger partial charge on any atom is 0.136 e. The van der Waals surface area contributed by atoms with Gasteiger partial charge in [0.2, 0.25) is 0 Å².